The smallest absolute Gasteiger partial charge is 0.265 e. The van der Waals surface area contributed by atoms with Crippen LogP contribution >= 0.6 is 0 Å². The van der Waals surface area contributed by atoms with E-state index in [1.807, 2.05) is 23.1 Å². The molecule has 0 fully saturated rings. The first-order valence-corrected chi connectivity index (χ1v) is 7.67. The van der Waals surface area contributed by atoms with Crippen LogP contribution in [0.4, 0.5) is 5.69 Å². The number of hydrogen-bond acceptors (Lipinski definition) is 3. The molecule has 0 radical (unpaired) electrons. The average Bonchev–Trinajstić information content (AvgIpc) is 2.44. The van der Waals surface area contributed by atoms with Crippen LogP contribution in [0, 0.1) is 5.41 Å². The van der Waals surface area contributed by atoms with Gasteiger partial charge in [-0.3, -0.25) is 4.79 Å². The zero-order valence-corrected chi connectivity index (χ0v) is 13.5. The third kappa shape index (κ3) is 3.38. The first kappa shape index (κ1) is 15.8. The Balaban J connectivity index is 2.36. The molecular weight excluding hydrogens is 264 g/mol. The van der Waals surface area contributed by atoms with Crippen molar-refractivity contribution in [1.29, 1.82) is 0 Å². The molecule has 1 unspecified atom stereocenters. The van der Waals surface area contributed by atoms with Crippen molar-refractivity contribution >= 4 is 11.6 Å². The Morgan fingerprint density at radius 2 is 2.10 bits per heavy atom. The van der Waals surface area contributed by atoms with Crippen LogP contribution in [0.5, 0.6) is 5.75 Å². The number of unbranched alkanes of at least 4 members (excludes halogenated alkanes) is 1. The number of ether oxygens (including phenoxy) is 1. The Labute approximate surface area is 127 Å². The van der Waals surface area contributed by atoms with Crippen LogP contribution in [-0.2, 0) is 4.79 Å². The van der Waals surface area contributed by atoms with Gasteiger partial charge in [-0.1, -0.05) is 40.2 Å². The zero-order valence-electron chi connectivity index (χ0n) is 13.5. The van der Waals surface area contributed by atoms with Gasteiger partial charge in [-0.25, -0.2) is 0 Å². The summed E-state index contributed by atoms with van der Waals surface area (Å²) in [5.41, 5.74) is 8.22. The lowest BCUT2D eigenvalue weighted by Crippen LogP contribution is -2.39. The molecule has 4 nitrogen and oxygen atoms in total. The van der Waals surface area contributed by atoms with Crippen molar-refractivity contribution in [3.63, 3.8) is 0 Å². The van der Waals surface area contributed by atoms with Gasteiger partial charge in [0, 0.05) is 12.6 Å². The maximum atomic E-state index is 12.1. The molecule has 1 amide bonds. The van der Waals surface area contributed by atoms with Crippen molar-refractivity contribution in [3.05, 3.63) is 23.8 Å². The molecule has 2 rings (SSSR count). The Bertz CT molecular complexity index is 520. The van der Waals surface area contributed by atoms with E-state index in [0.29, 0.717) is 0 Å². The van der Waals surface area contributed by atoms with Crippen LogP contribution < -0.4 is 15.4 Å². The largest absolute Gasteiger partial charge is 0.482 e. The van der Waals surface area contributed by atoms with Crippen molar-refractivity contribution < 1.29 is 9.53 Å². The number of anilines is 1. The monoisotopic (exact) mass is 290 g/mol. The van der Waals surface area contributed by atoms with E-state index in [-0.39, 0.29) is 24.0 Å². The fourth-order valence-electron chi connectivity index (χ4n) is 2.47. The summed E-state index contributed by atoms with van der Waals surface area (Å²) in [6.45, 7) is 9.34. The van der Waals surface area contributed by atoms with Crippen LogP contribution in [0.1, 0.15) is 52.1 Å². The van der Waals surface area contributed by atoms with Gasteiger partial charge in [0.1, 0.15) is 5.75 Å². The summed E-state index contributed by atoms with van der Waals surface area (Å²) >= 11 is 0. The van der Waals surface area contributed by atoms with Gasteiger partial charge >= 0.3 is 0 Å². The third-order valence-electron chi connectivity index (χ3n) is 3.95. The van der Waals surface area contributed by atoms with Gasteiger partial charge in [0.2, 0.25) is 0 Å². The lowest BCUT2D eigenvalue weighted by molar-refractivity contribution is -0.121. The molecule has 1 heterocycles. The molecule has 1 aromatic rings. The zero-order chi connectivity index (χ0) is 15.6. The second-order valence-corrected chi connectivity index (χ2v) is 6.76. The van der Waals surface area contributed by atoms with Crippen LogP contribution in [-0.4, -0.2) is 19.1 Å². The van der Waals surface area contributed by atoms with Crippen LogP contribution in [0.25, 0.3) is 0 Å². The molecule has 116 valence electrons. The minimum atomic E-state index is -0.0761. The number of benzene rings is 1. The molecule has 1 aliphatic heterocycles. The minimum absolute atomic E-state index is 0.0254. The van der Waals surface area contributed by atoms with E-state index in [9.17, 15) is 4.79 Å². The predicted octanol–water partition coefficient (Wildman–Crippen LogP) is 3.26. The maximum absolute atomic E-state index is 12.1. The Morgan fingerprint density at radius 3 is 2.71 bits per heavy atom. The number of hydrogen-bond donors (Lipinski definition) is 1. The first-order chi connectivity index (χ1) is 9.84. The topological polar surface area (TPSA) is 55.6 Å². The molecule has 0 aromatic heterocycles. The quantitative estimate of drug-likeness (QED) is 0.926. The number of fused-ring (bicyclic) bond motifs is 1. The normalized spacial score (nSPS) is 16.4. The first-order valence-electron chi connectivity index (χ1n) is 7.67. The highest BCUT2D eigenvalue weighted by atomic mass is 16.5. The second kappa shape index (κ2) is 6.06. The molecular formula is C17H26N2O2. The highest BCUT2D eigenvalue weighted by molar-refractivity contribution is 5.97. The summed E-state index contributed by atoms with van der Waals surface area (Å²) in [5.74, 6) is 0.799. The molecule has 0 aliphatic carbocycles. The molecule has 4 heteroatoms. The van der Waals surface area contributed by atoms with E-state index in [1.165, 1.54) is 0 Å². The van der Waals surface area contributed by atoms with Crippen molar-refractivity contribution in [2.75, 3.05) is 18.1 Å². The van der Waals surface area contributed by atoms with Crippen LogP contribution in [0.3, 0.4) is 0 Å². The Morgan fingerprint density at radius 1 is 1.38 bits per heavy atom. The molecule has 2 N–H and O–H groups in total. The van der Waals surface area contributed by atoms with Crippen molar-refractivity contribution in [3.8, 4) is 5.75 Å². The number of rotatable bonds is 4. The third-order valence-corrected chi connectivity index (χ3v) is 3.95. The fourth-order valence-corrected chi connectivity index (χ4v) is 2.47. The lowest BCUT2D eigenvalue weighted by Gasteiger charge is -2.32. The summed E-state index contributed by atoms with van der Waals surface area (Å²) in [6.07, 6.45) is 2.04. The van der Waals surface area contributed by atoms with Crippen molar-refractivity contribution in [2.24, 2.45) is 11.1 Å². The van der Waals surface area contributed by atoms with Crippen molar-refractivity contribution in [1.82, 2.24) is 0 Å². The SMILES string of the molecule is CCCCN1C(=O)COc2ccc(C(N)C(C)(C)C)cc21. The average molecular weight is 290 g/mol. The summed E-state index contributed by atoms with van der Waals surface area (Å²) in [5, 5.41) is 0. The summed E-state index contributed by atoms with van der Waals surface area (Å²) in [6, 6.07) is 5.87. The standard InChI is InChI=1S/C17H26N2O2/c1-5-6-9-19-13-10-12(16(18)17(2,3)4)7-8-14(13)21-11-15(19)20/h7-8,10,16H,5-6,9,11,18H2,1-4H3. The molecule has 0 spiro atoms. The summed E-state index contributed by atoms with van der Waals surface area (Å²) in [4.78, 5) is 13.9. The van der Waals surface area contributed by atoms with Crippen molar-refractivity contribution in [2.45, 2.75) is 46.6 Å². The van der Waals surface area contributed by atoms with Crippen LogP contribution in [0.15, 0.2) is 18.2 Å². The maximum Gasteiger partial charge on any atom is 0.265 e. The molecule has 0 bridgehead atoms. The molecule has 0 saturated carbocycles. The van der Waals surface area contributed by atoms with Gasteiger partial charge in [0.25, 0.3) is 5.91 Å². The molecule has 21 heavy (non-hydrogen) atoms. The van der Waals surface area contributed by atoms with E-state index in [0.717, 1.165) is 36.4 Å². The van der Waals surface area contributed by atoms with Gasteiger partial charge in [-0.05, 0) is 29.5 Å². The number of amides is 1. The van der Waals surface area contributed by atoms with Gasteiger partial charge in [-0.15, -0.1) is 0 Å². The Kier molecular flexibility index (Phi) is 4.57. The molecule has 1 aromatic carbocycles. The molecule has 0 saturated heterocycles. The van der Waals surface area contributed by atoms with E-state index >= 15 is 0 Å². The van der Waals surface area contributed by atoms with Gasteiger partial charge in [0.15, 0.2) is 6.61 Å². The second-order valence-electron chi connectivity index (χ2n) is 6.76. The van der Waals surface area contributed by atoms with E-state index in [1.54, 1.807) is 0 Å². The molecule has 1 aliphatic rings. The van der Waals surface area contributed by atoms with Crippen LogP contribution in [0.2, 0.25) is 0 Å². The van der Waals surface area contributed by atoms with Gasteiger partial charge in [0.05, 0.1) is 5.69 Å². The lowest BCUT2D eigenvalue weighted by atomic mass is 9.83. The van der Waals surface area contributed by atoms with E-state index in [4.69, 9.17) is 10.5 Å². The summed E-state index contributed by atoms with van der Waals surface area (Å²) < 4.78 is 5.53. The van der Waals surface area contributed by atoms with E-state index < -0.39 is 0 Å². The number of nitrogens with two attached hydrogens (primary N) is 1. The predicted molar refractivity (Wildman–Crippen MR) is 85.6 cm³/mol. The minimum Gasteiger partial charge on any atom is -0.482 e. The number of carbonyl (C=O) groups is 1. The summed E-state index contributed by atoms with van der Waals surface area (Å²) in [7, 11) is 0. The highest BCUT2D eigenvalue weighted by Crippen LogP contribution is 2.38. The molecule has 1 atom stereocenters. The van der Waals surface area contributed by atoms with Gasteiger partial charge < -0.3 is 15.4 Å². The number of carbonyl (C=O) groups excluding carboxylic acids is 1. The van der Waals surface area contributed by atoms with E-state index in [2.05, 4.69) is 27.7 Å². The fraction of sp³-hybridized carbons (Fsp3) is 0.588. The number of nitrogens with zero attached hydrogens (tertiary/aromatic N) is 1. The van der Waals surface area contributed by atoms with Gasteiger partial charge in [-0.2, -0.15) is 0 Å². The Hall–Kier alpha value is -1.55. The highest BCUT2D eigenvalue weighted by Gasteiger charge is 2.28.